The van der Waals surface area contributed by atoms with Crippen molar-refractivity contribution in [1.29, 1.82) is 0 Å². The van der Waals surface area contributed by atoms with E-state index < -0.39 is 0 Å². The van der Waals surface area contributed by atoms with Gasteiger partial charge in [0.05, 0.1) is 5.69 Å². The van der Waals surface area contributed by atoms with Crippen LogP contribution in [0.3, 0.4) is 0 Å². The van der Waals surface area contributed by atoms with Crippen LogP contribution in [0.15, 0.2) is 89.9 Å². The molecule has 3 aromatic heterocycles. The number of imidazole rings is 1. The molecule has 0 amide bonds. The molecule has 38 heavy (non-hydrogen) atoms. The average molecular weight is 511 g/mol. The molecule has 5 aromatic rings. The van der Waals surface area contributed by atoms with Crippen LogP contribution in [0, 0.1) is 12.7 Å². The predicted molar refractivity (Wildman–Crippen MR) is 148 cm³/mol. The first kappa shape index (κ1) is 25.2. The molecule has 194 valence electrons. The van der Waals surface area contributed by atoms with E-state index in [9.17, 15) is 4.39 Å². The number of aryl methyl sites for hydroxylation is 1. The van der Waals surface area contributed by atoms with Crippen molar-refractivity contribution in [1.82, 2.24) is 24.3 Å². The number of hydrogen-bond donors (Lipinski definition) is 1. The Hall–Kier alpha value is -4.46. The van der Waals surface area contributed by atoms with Crippen LogP contribution >= 0.6 is 0 Å². The first-order chi connectivity index (χ1) is 18.5. The van der Waals surface area contributed by atoms with E-state index in [1.807, 2.05) is 10.5 Å². The number of aromatic nitrogens is 4. The molecule has 2 aromatic carbocycles. The molecule has 0 unspecified atom stereocenters. The Balaban J connectivity index is 1.31. The third-order valence-electron chi connectivity index (χ3n) is 6.41. The van der Waals surface area contributed by atoms with Gasteiger partial charge in [-0.3, -0.25) is 4.40 Å². The zero-order chi connectivity index (χ0) is 26.5. The summed E-state index contributed by atoms with van der Waals surface area (Å²) in [7, 11) is 0. The van der Waals surface area contributed by atoms with Crippen LogP contribution in [0.4, 0.5) is 10.3 Å². The van der Waals surface area contributed by atoms with E-state index in [1.54, 1.807) is 30.8 Å². The number of hydrogen-bond acceptors (Lipinski definition) is 6. The number of anilines is 1. The summed E-state index contributed by atoms with van der Waals surface area (Å²) in [4.78, 5) is 16.1. The molecule has 1 N–H and O–H groups in total. The standard InChI is InChI=1S/C30H31FN6O/c1-4-16-36(22(3)20-23-7-5-21(2)6-8-23)17-15-33-29-32-14-13-26(34-29)28-27(24-9-11-25(31)12-10-24)35-30-37(28)18-19-38-30/h5-14,18-19H,3-4,15-17,20H2,1-2H3,(H,32,33,34). The number of fused-ring (bicyclic) bond motifs is 1. The van der Waals surface area contributed by atoms with Crippen molar-refractivity contribution in [2.45, 2.75) is 26.7 Å². The smallest absolute Gasteiger partial charge is 0.306 e. The molecule has 0 saturated carbocycles. The summed E-state index contributed by atoms with van der Waals surface area (Å²) in [5.41, 5.74) is 6.48. The van der Waals surface area contributed by atoms with E-state index in [1.165, 1.54) is 23.3 Å². The predicted octanol–water partition coefficient (Wildman–Crippen LogP) is 6.38. The van der Waals surface area contributed by atoms with Gasteiger partial charge in [-0.05, 0) is 49.2 Å². The maximum atomic E-state index is 13.5. The quantitative estimate of drug-likeness (QED) is 0.222. The van der Waals surface area contributed by atoms with Gasteiger partial charge in [-0.2, -0.15) is 4.98 Å². The molecule has 5 rings (SSSR count). The van der Waals surface area contributed by atoms with Gasteiger partial charge in [0, 0.05) is 49.7 Å². The normalized spacial score (nSPS) is 11.1. The Morgan fingerprint density at radius 3 is 2.61 bits per heavy atom. The zero-order valence-corrected chi connectivity index (χ0v) is 21.7. The number of benzene rings is 2. The highest BCUT2D eigenvalue weighted by molar-refractivity contribution is 5.79. The highest BCUT2D eigenvalue weighted by Gasteiger charge is 2.19. The van der Waals surface area contributed by atoms with Crippen LogP contribution in [0.5, 0.6) is 0 Å². The average Bonchev–Trinajstić information content (AvgIpc) is 3.52. The molecule has 0 atom stereocenters. The molecule has 0 fully saturated rings. The van der Waals surface area contributed by atoms with Crippen LogP contribution in [-0.2, 0) is 6.42 Å². The second-order valence-electron chi connectivity index (χ2n) is 9.28. The Bertz CT molecular complexity index is 1520. The minimum atomic E-state index is -0.301. The number of halogens is 1. The fourth-order valence-electron chi connectivity index (χ4n) is 4.47. The molecule has 8 heteroatoms. The molecular weight excluding hydrogens is 479 g/mol. The Labute approximate surface area is 221 Å². The third-order valence-corrected chi connectivity index (χ3v) is 6.41. The molecule has 7 nitrogen and oxygen atoms in total. The lowest BCUT2D eigenvalue weighted by atomic mass is 10.1. The zero-order valence-electron chi connectivity index (χ0n) is 21.7. The second-order valence-corrected chi connectivity index (χ2v) is 9.28. The van der Waals surface area contributed by atoms with Crippen molar-refractivity contribution in [2.24, 2.45) is 0 Å². The lowest BCUT2D eigenvalue weighted by molar-refractivity contribution is 0.350. The van der Waals surface area contributed by atoms with Gasteiger partial charge < -0.3 is 14.6 Å². The lowest BCUT2D eigenvalue weighted by Crippen LogP contribution is -2.30. The van der Waals surface area contributed by atoms with Crippen molar-refractivity contribution < 1.29 is 8.81 Å². The Morgan fingerprint density at radius 1 is 1.05 bits per heavy atom. The van der Waals surface area contributed by atoms with Gasteiger partial charge in [-0.25, -0.2) is 14.4 Å². The van der Waals surface area contributed by atoms with Crippen molar-refractivity contribution in [3.05, 3.63) is 102 Å². The van der Waals surface area contributed by atoms with Gasteiger partial charge in [0.1, 0.15) is 23.5 Å². The number of nitrogens with one attached hydrogen (secondary N) is 1. The molecule has 0 radical (unpaired) electrons. The van der Waals surface area contributed by atoms with E-state index >= 15 is 0 Å². The number of allylic oxidation sites excluding steroid dienone is 1. The maximum Gasteiger partial charge on any atom is 0.306 e. The number of oxazole rings is 1. The van der Waals surface area contributed by atoms with Crippen LogP contribution in [0.2, 0.25) is 0 Å². The SMILES string of the molecule is C=C(Cc1ccc(C)cc1)N(CCC)CCNc1nccc(-c2c(-c3ccc(F)cc3)nc3occn23)n1. The summed E-state index contributed by atoms with van der Waals surface area (Å²) in [6.45, 7) is 11.0. The molecule has 0 bridgehead atoms. The van der Waals surface area contributed by atoms with E-state index in [4.69, 9.17) is 9.40 Å². The first-order valence-corrected chi connectivity index (χ1v) is 12.8. The highest BCUT2D eigenvalue weighted by Crippen LogP contribution is 2.32. The Kier molecular flexibility index (Phi) is 7.49. The molecule has 0 aliphatic carbocycles. The summed E-state index contributed by atoms with van der Waals surface area (Å²) < 4.78 is 20.9. The number of nitrogens with zero attached hydrogens (tertiary/aromatic N) is 5. The van der Waals surface area contributed by atoms with Gasteiger partial charge in [0.25, 0.3) is 0 Å². The van der Waals surface area contributed by atoms with Gasteiger partial charge in [0.2, 0.25) is 5.95 Å². The largest absolute Gasteiger partial charge is 0.432 e. The fraction of sp³-hybridized carbons (Fsp3) is 0.233. The Morgan fingerprint density at radius 2 is 1.84 bits per heavy atom. The second kappa shape index (κ2) is 11.3. The molecule has 3 heterocycles. The molecule has 0 aliphatic rings. The minimum Gasteiger partial charge on any atom is -0.432 e. The van der Waals surface area contributed by atoms with Crippen LogP contribution < -0.4 is 5.32 Å². The van der Waals surface area contributed by atoms with E-state index in [-0.39, 0.29) is 5.82 Å². The topological polar surface area (TPSA) is 71.5 Å². The summed E-state index contributed by atoms with van der Waals surface area (Å²) in [6.07, 6.45) is 6.95. The van der Waals surface area contributed by atoms with Gasteiger partial charge in [0.15, 0.2) is 0 Å². The summed E-state index contributed by atoms with van der Waals surface area (Å²) in [5.74, 6) is 0.659. The molecule has 0 saturated heterocycles. The molecule has 0 spiro atoms. The lowest BCUT2D eigenvalue weighted by Gasteiger charge is -2.26. The third kappa shape index (κ3) is 5.59. The van der Waals surface area contributed by atoms with Crippen LogP contribution in [-0.4, -0.2) is 43.9 Å². The number of rotatable bonds is 11. The van der Waals surface area contributed by atoms with Crippen molar-refractivity contribution in [2.75, 3.05) is 25.0 Å². The van der Waals surface area contributed by atoms with Gasteiger partial charge >= 0.3 is 5.84 Å². The van der Waals surface area contributed by atoms with Gasteiger partial charge in [-0.1, -0.05) is 43.3 Å². The van der Waals surface area contributed by atoms with E-state index in [2.05, 4.69) is 64.9 Å². The highest BCUT2D eigenvalue weighted by atomic mass is 19.1. The summed E-state index contributed by atoms with van der Waals surface area (Å²) in [6, 6.07) is 16.7. The molecule has 0 aliphatic heterocycles. The van der Waals surface area contributed by atoms with Crippen molar-refractivity contribution >= 4 is 11.8 Å². The summed E-state index contributed by atoms with van der Waals surface area (Å²) in [5, 5.41) is 3.36. The van der Waals surface area contributed by atoms with Crippen LogP contribution in [0.25, 0.3) is 28.5 Å². The van der Waals surface area contributed by atoms with Crippen molar-refractivity contribution in [3.8, 4) is 22.6 Å². The summed E-state index contributed by atoms with van der Waals surface area (Å²) >= 11 is 0. The fourth-order valence-corrected chi connectivity index (χ4v) is 4.47. The van der Waals surface area contributed by atoms with Crippen molar-refractivity contribution in [3.63, 3.8) is 0 Å². The maximum absolute atomic E-state index is 13.5. The van der Waals surface area contributed by atoms with Gasteiger partial charge in [-0.15, -0.1) is 0 Å². The van der Waals surface area contributed by atoms with E-state index in [0.29, 0.717) is 29.7 Å². The molecular formula is C30H31FN6O. The van der Waals surface area contributed by atoms with E-state index in [0.717, 1.165) is 42.9 Å². The minimum absolute atomic E-state index is 0.301. The monoisotopic (exact) mass is 510 g/mol. The first-order valence-electron chi connectivity index (χ1n) is 12.8. The van der Waals surface area contributed by atoms with Crippen LogP contribution in [0.1, 0.15) is 24.5 Å².